The van der Waals surface area contributed by atoms with Gasteiger partial charge in [0.05, 0.1) is 10.6 Å². The van der Waals surface area contributed by atoms with Gasteiger partial charge >= 0.3 is 0 Å². The fraction of sp³-hybridized carbons (Fsp3) is 0.250. The molecule has 2 aromatic rings. The lowest BCUT2D eigenvalue weighted by Gasteiger charge is -2.18. The number of carbonyl (C=O) groups excluding carboxylic acids is 1. The number of hydrogen-bond donors (Lipinski definition) is 1. The Morgan fingerprint density at radius 1 is 1.36 bits per heavy atom. The molecule has 3 rings (SSSR count). The van der Waals surface area contributed by atoms with Crippen molar-refractivity contribution in [2.75, 3.05) is 18.0 Å². The number of halogens is 2. The summed E-state index contributed by atoms with van der Waals surface area (Å²) >= 11 is 5.91. The number of nitrogens with one attached hydrogen (secondary N) is 1. The molecule has 1 saturated heterocycles. The summed E-state index contributed by atoms with van der Waals surface area (Å²) in [6.45, 7) is 1.53. The van der Waals surface area contributed by atoms with Crippen molar-refractivity contribution in [2.45, 2.75) is 12.5 Å². The van der Waals surface area contributed by atoms with Crippen LogP contribution in [-0.4, -0.2) is 30.0 Å². The van der Waals surface area contributed by atoms with E-state index in [2.05, 4.69) is 15.2 Å². The summed E-state index contributed by atoms with van der Waals surface area (Å²) in [6, 6.07) is 9.55. The molecule has 1 atom stereocenters. The molecule has 0 aliphatic carbocycles. The fourth-order valence-corrected chi connectivity index (χ4v) is 2.82. The third kappa shape index (κ3) is 3.20. The van der Waals surface area contributed by atoms with Crippen LogP contribution >= 0.6 is 11.6 Å². The molecule has 1 aliphatic rings. The SMILES string of the molecule is O=C(N[C@H]1CCN(c2ccccn2)C1)c1ccc(F)cc1Cl. The van der Waals surface area contributed by atoms with E-state index in [1.165, 1.54) is 12.1 Å². The molecule has 1 aromatic carbocycles. The number of anilines is 1. The first-order valence-electron chi connectivity index (χ1n) is 7.05. The molecule has 1 amide bonds. The van der Waals surface area contributed by atoms with Gasteiger partial charge in [-0.3, -0.25) is 4.79 Å². The second kappa shape index (κ2) is 6.32. The van der Waals surface area contributed by atoms with E-state index in [0.29, 0.717) is 12.1 Å². The number of carbonyl (C=O) groups is 1. The zero-order chi connectivity index (χ0) is 15.5. The highest BCUT2D eigenvalue weighted by atomic mass is 35.5. The van der Waals surface area contributed by atoms with Gasteiger partial charge in [-0.05, 0) is 36.8 Å². The lowest BCUT2D eigenvalue weighted by Crippen LogP contribution is -2.37. The van der Waals surface area contributed by atoms with Crippen LogP contribution < -0.4 is 10.2 Å². The monoisotopic (exact) mass is 319 g/mol. The van der Waals surface area contributed by atoms with Gasteiger partial charge in [-0.25, -0.2) is 9.37 Å². The van der Waals surface area contributed by atoms with Crippen LogP contribution in [0.2, 0.25) is 5.02 Å². The molecule has 0 unspecified atom stereocenters. The maximum absolute atomic E-state index is 13.0. The maximum Gasteiger partial charge on any atom is 0.253 e. The molecule has 114 valence electrons. The molecule has 1 fully saturated rings. The summed E-state index contributed by atoms with van der Waals surface area (Å²) in [5, 5.41) is 3.06. The van der Waals surface area contributed by atoms with Gasteiger partial charge in [0, 0.05) is 25.3 Å². The largest absolute Gasteiger partial charge is 0.354 e. The molecule has 0 radical (unpaired) electrons. The number of hydrogen-bond acceptors (Lipinski definition) is 3. The van der Waals surface area contributed by atoms with Crippen molar-refractivity contribution >= 4 is 23.3 Å². The van der Waals surface area contributed by atoms with Crippen LogP contribution in [0.5, 0.6) is 0 Å². The Labute approximate surface area is 132 Å². The van der Waals surface area contributed by atoms with E-state index < -0.39 is 5.82 Å². The smallest absolute Gasteiger partial charge is 0.253 e. The minimum Gasteiger partial charge on any atom is -0.354 e. The lowest BCUT2D eigenvalue weighted by molar-refractivity contribution is 0.0940. The summed E-state index contributed by atoms with van der Waals surface area (Å²) in [7, 11) is 0. The average Bonchev–Trinajstić information content (AvgIpc) is 2.96. The van der Waals surface area contributed by atoms with Gasteiger partial charge in [0.25, 0.3) is 5.91 Å². The molecular formula is C16H15ClFN3O. The number of amides is 1. The standard InChI is InChI=1S/C16H15ClFN3O/c17-14-9-11(18)4-5-13(14)16(22)20-12-6-8-21(10-12)15-3-1-2-7-19-15/h1-5,7,9,12H,6,8,10H2,(H,20,22)/t12-/m0/s1. The molecule has 1 N–H and O–H groups in total. The predicted molar refractivity (Wildman–Crippen MR) is 83.7 cm³/mol. The Balaban J connectivity index is 1.64. The third-order valence-corrected chi connectivity index (χ3v) is 3.99. The summed E-state index contributed by atoms with van der Waals surface area (Å²) in [5.74, 6) is 0.167. The van der Waals surface area contributed by atoms with Gasteiger partial charge in [0.2, 0.25) is 0 Å². The molecule has 6 heteroatoms. The molecule has 4 nitrogen and oxygen atoms in total. The van der Waals surface area contributed by atoms with Gasteiger partial charge in [-0.15, -0.1) is 0 Å². The van der Waals surface area contributed by atoms with Crippen LogP contribution in [0.1, 0.15) is 16.8 Å². The summed E-state index contributed by atoms with van der Waals surface area (Å²) in [6.07, 6.45) is 2.58. The van der Waals surface area contributed by atoms with Crippen molar-refractivity contribution in [3.63, 3.8) is 0 Å². The molecule has 1 aliphatic heterocycles. The van der Waals surface area contributed by atoms with E-state index in [1.807, 2.05) is 18.2 Å². The van der Waals surface area contributed by atoms with Crippen molar-refractivity contribution in [3.8, 4) is 0 Å². The summed E-state index contributed by atoms with van der Waals surface area (Å²) < 4.78 is 13.0. The number of pyridine rings is 1. The fourth-order valence-electron chi connectivity index (χ4n) is 2.56. The van der Waals surface area contributed by atoms with Crippen LogP contribution in [0.15, 0.2) is 42.6 Å². The van der Waals surface area contributed by atoms with Crippen LogP contribution in [-0.2, 0) is 0 Å². The Bertz CT molecular complexity index is 680. The van der Waals surface area contributed by atoms with Crippen molar-refractivity contribution in [2.24, 2.45) is 0 Å². The van der Waals surface area contributed by atoms with E-state index >= 15 is 0 Å². The predicted octanol–water partition coefficient (Wildman–Crippen LogP) is 2.88. The first-order chi connectivity index (χ1) is 10.6. The molecule has 0 spiro atoms. The summed E-state index contributed by atoms with van der Waals surface area (Å²) in [5.41, 5.74) is 0.291. The van der Waals surface area contributed by atoms with Gasteiger partial charge < -0.3 is 10.2 Å². The van der Waals surface area contributed by atoms with Gasteiger partial charge in [-0.1, -0.05) is 17.7 Å². The quantitative estimate of drug-likeness (QED) is 0.946. The Morgan fingerprint density at radius 3 is 2.95 bits per heavy atom. The van der Waals surface area contributed by atoms with Crippen LogP contribution in [0.4, 0.5) is 10.2 Å². The number of nitrogens with zero attached hydrogens (tertiary/aromatic N) is 2. The second-order valence-corrected chi connectivity index (χ2v) is 5.62. The number of rotatable bonds is 3. The number of aromatic nitrogens is 1. The van der Waals surface area contributed by atoms with Gasteiger partial charge in [-0.2, -0.15) is 0 Å². The normalized spacial score (nSPS) is 17.5. The van der Waals surface area contributed by atoms with Crippen LogP contribution in [0.3, 0.4) is 0 Å². The highest BCUT2D eigenvalue weighted by molar-refractivity contribution is 6.33. The third-order valence-electron chi connectivity index (χ3n) is 3.67. The van der Waals surface area contributed by atoms with Crippen LogP contribution in [0, 0.1) is 5.82 Å². The highest BCUT2D eigenvalue weighted by Crippen LogP contribution is 2.20. The zero-order valence-electron chi connectivity index (χ0n) is 11.8. The lowest BCUT2D eigenvalue weighted by atomic mass is 10.2. The second-order valence-electron chi connectivity index (χ2n) is 5.22. The van der Waals surface area contributed by atoms with Crippen molar-refractivity contribution < 1.29 is 9.18 Å². The van der Waals surface area contributed by atoms with Crippen LogP contribution in [0.25, 0.3) is 0 Å². The molecule has 0 bridgehead atoms. The minimum absolute atomic E-state index is 0.0237. The van der Waals surface area contributed by atoms with Gasteiger partial charge in [0.1, 0.15) is 11.6 Å². The van der Waals surface area contributed by atoms with Crippen molar-refractivity contribution in [3.05, 3.63) is 59.0 Å². The van der Waals surface area contributed by atoms with E-state index in [0.717, 1.165) is 24.8 Å². The van der Waals surface area contributed by atoms with E-state index in [1.54, 1.807) is 6.20 Å². The summed E-state index contributed by atoms with van der Waals surface area (Å²) in [4.78, 5) is 18.7. The van der Waals surface area contributed by atoms with E-state index in [4.69, 9.17) is 11.6 Å². The molecule has 1 aromatic heterocycles. The highest BCUT2D eigenvalue weighted by Gasteiger charge is 2.25. The first-order valence-corrected chi connectivity index (χ1v) is 7.43. The topological polar surface area (TPSA) is 45.2 Å². The Kier molecular flexibility index (Phi) is 4.24. The Hall–Kier alpha value is -2.14. The molecule has 0 saturated carbocycles. The minimum atomic E-state index is -0.455. The zero-order valence-corrected chi connectivity index (χ0v) is 12.6. The van der Waals surface area contributed by atoms with Crippen molar-refractivity contribution in [1.82, 2.24) is 10.3 Å². The van der Waals surface area contributed by atoms with E-state index in [9.17, 15) is 9.18 Å². The Morgan fingerprint density at radius 2 is 2.23 bits per heavy atom. The first kappa shape index (κ1) is 14.8. The van der Waals surface area contributed by atoms with Crippen molar-refractivity contribution in [1.29, 1.82) is 0 Å². The molecular weight excluding hydrogens is 305 g/mol. The molecule has 22 heavy (non-hydrogen) atoms. The van der Waals surface area contributed by atoms with E-state index in [-0.39, 0.29) is 17.0 Å². The maximum atomic E-state index is 13.0. The average molecular weight is 320 g/mol. The van der Waals surface area contributed by atoms with Gasteiger partial charge in [0.15, 0.2) is 0 Å². The molecule has 2 heterocycles. The number of benzene rings is 1.